The van der Waals surface area contributed by atoms with Crippen molar-refractivity contribution in [1.29, 1.82) is 0 Å². The SMILES string of the molecule is [2H]c1c([2H])c([2H])c2c(c1[2H])c1c([2H])c([2H])c([2H])c([2H])c1n2-c1cc(-c2ccc3oc4c(-c5ccccc5)cccc4c3c2)ccc1-c1nc(-c2ccccc2)nc(-c2cccc(-c3ccccc3)c2)n1. The molecule has 3 heterocycles. The first-order valence-electron chi connectivity index (χ1n) is 24.2. The van der Waals surface area contributed by atoms with Gasteiger partial charge in [0, 0.05) is 43.8 Å². The van der Waals surface area contributed by atoms with E-state index in [0.717, 1.165) is 55.3 Å². The van der Waals surface area contributed by atoms with Gasteiger partial charge in [-0.2, -0.15) is 0 Å². The number of furan rings is 1. The van der Waals surface area contributed by atoms with Gasteiger partial charge < -0.3 is 8.98 Å². The Morgan fingerprint density at radius 1 is 0.371 bits per heavy atom. The minimum absolute atomic E-state index is 0.0238. The molecule has 5 nitrogen and oxygen atoms in total. The third-order valence-corrected chi connectivity index (χ3v) is 11.3. The Morgan fingerprint density at radius 3 is 1.65 bits per heavy atom. The molecule has 3 aromatic heterocycles. The molecule has 0 amide bonds. The van der Waals surface area contributed by atoms with Crippen molar-refractivity contribution in [1.82, 2.24) is 19.5 Å². The largest absolute Gasteiger partial charge is 0.455 e. The van der Waals surface area contributed by atoms with Crippen LogP contribution in [0.2, 0.25) is 0 Å². The molecule has 0 spiro atoms. The molecule has 0 atom stereocenters. The topological polar surface area (TPSA) is 56.7 Å². The van der Waals surface area contributed by atoms with Gasteiger partial charge >= 0.3 is 0 Å². The highest BCUT2D eigenvalue weighted by molar-refractivity contribution is 6.11. The molecule has 0 unspecified atom stereocenters. The van der Waals surface area contributed by atoms with E-state index in [2.05, 4.69) is 0 Å². The first kappa shape index (κ1) is 28.1. The molecule has 0 aliphatic carbocycles. The molecule has 0 radical (unpaired) electrons. The van der Waals surface area contributed by atoms with Crippen LogP contribution in [0.1, 0.15) is 11.0 Å². The lowest BCUT2D eigenvalue weighted by molar-refractivity contribution is 0.670. The van der Waals surface area contributed by atoms with E-state index in [1.807, 2.05) is 170 Å². The van der Waals surface area contributed by atoms with E-state index in [9.17, 15) is 5.48 Å². The molecule has 0 saturated carbocycles. The first-order valence-corrected chi connectivity index (χ1v) is 20.2. The number of benzene rings is 9. The smallest absolute Gasteiger partial charge is 0.166 e. The molecule has 0 N–H and O–H groups in total. The number of nitrogens with zero attached hydrogens (tertiary/aromatic N) is 4. The third-order valence-electron chi connectivity index (χ3n) is 11.3. The Kier molecular flexibility index (Phi) is 6.67. The molecule has 0 saturated heterocycles. The van der Waals surface area contributed by atoms with Crippen LogP contribution >= 0.6 is 0 Å². The van der Waals surface area contributed by atoms with Crippen molar-refractivity contribution in [3.05, 3.63) is 218 Å². The third kappa shape index (κ3) is 6.06. The summed E-state index contributed by atoms with van der Waals surface area (Å²) >= 11 is 0. The molecule has 9 aromatic carbocycles. The van der Waals surface area contributed by atoms with Gasteiger partial charge in [-0.15, -0.1) is 0 Å². The van der Waals surface area contributed by atoms with Gasteiger partial charge in [0.2, 0.25) is 0 Å². The fourth-order valence-electron chi connectivity index (χ4n) is 8.38. The summed E-state index contributed by atoms with van der Waals surface area (Å²) in [6.07, 6.45) is 0. The Morgan fingerprint density at radius 2 is 0.919 bits per heavy atom. The highest BCUT2D eigenvalue weighted by atomic mass is 16.3. The number of hydrogen-bond acceptors (Lipinski definition) is 4. The van der Waals surface area contributed by atoms with Crippen molar-refractivity contribution >= 4 is 43.7 Å². The van der Waals surface area contributed by atoms with Gasteiger partial charge in [0.05, 0.1) is 27.7 Å². The molecule has 0 bridgehead atoms. The number of rotatable bonds is 7. The fraction of sp³-hybridized carbons (Fsp3) is 0. The highest BCUT2D eigenvalue weighted by Gasteiger charge is 2.21. The van der Waals surface area contributed by atoms with Gasteiger partial charge in [0.1, 0.15) is 11.2 Å². The van der Waals surface area contributed by atoms with Gasteiger partial charge in [-0.1, -0.05) is 176 Å². The predicted octanol–water partition coefficient (Wildman–Crippen LogP) is 14.9. The predicted molar refractivity (Wildman–Crippen MR) is 254 cm³/mol. The molecule has 12 aromatic rings. The maximum Gasteiger partial charge on any atom is 0.166 e. The van der Waals surface area contributed by atoms with Crippen molar-refractivity contribution in [2.45, 2.75) is 0 Å². The normalized spacial score (nSPS) is 13.4. The van der Waals surface area contributed by atoms with E-state index in [1.165, 1.54) is 4.57 Å². The maximum atomic E-state index is 9.42. The Bertz CT molecular complexity index is 4030. The molecule has 5 heteroatoms. The monoisotopic (exact) mass is 800 g/mol. The molecular weight excluding hydrogens is 757 g/mol. The molecule has 62 heavy (non-hydrogen) atoms. The maximum absolute atomic E-state index is 9.42. The number of fused-ring (bicyclic) bond motifs is 6. The Balaban J connectivity index is 1.17. The van der Waals surface area contributed by atoms with Crippen molar-refractivity contribution in [3.63, 3.8) is 0 Å². The van der Waals surface area contributed by atoms with Gasteiger partial charge in [0.25, 0.3) is 0 Å². The summed E-state index contributed by atoms with van der Waals surface area (Å²) in [5, 5.41) is 1.73. The van der Waals surface area contributed by atoms with Gasteiger partial charge in [-0.05, 0) is 70.2 Å². The summed E-state index contributed by atoms with van der Waals surface area (Å²) in [6.45, 7) is 0. The number of para-hydroxylation sites is 3. The minimum atomic E-state index is -0.527. The summed E-state index contributed by atoms with van der Waals surface area (Å²) in [6, 6.07) is 51.3. The van der Waals surface area contributed by atoms with Crippen LogP contribution in [-0.4, -0.2) is 19.5 Å². The number of aromatic nitrogens is 4. The zero-order chi connectivity index (χ0) is 47.9. The van der Waals surface area contributed by atoms with Crippen molar-refractivity contribution < 1.29 is 15.4 Å². The lowest BCUT2D eigenvalue weighted by Gasteiger charge is -2.16. The van der Waals surface area contributed by atoms with E-state index in [-0.39, 0.29) is 27.6 Å². The van der Waals surface area contributed by atoms with E-state index >= 15 is 0 Å². The lowest BCUT2D eigenvalue weighted by Crippen LogP contribution is -2.04. The standard InChI is InChI=1S/C57H36N4O/c1-4-16-37(17-5-1)40-22-14-23-43(34-40)56-58-55(39-20-8-3-9-21-39)59-57(60-56)48-32-30-42(36-52(48)61-50-28-12-10-24-45(50)46-25-11-13-29-51(46)61)41-31-33-53-49(35-41)47-27-15-26-44(54(47)62-53)38-18-6-2-7-19-38/h1-36H/i10D,11D,12D,13D,24D,25D,28D,29D. The first-order chi connectivity index (χ1) is 34.0. The van der Waals surface area contributed by atoms with Crippen LogP contribution in [0.15, 0.2) is 223 Å². The summed E-state index contributed by atoms with van der Waals surface area (Å²) in [7, 11) is 0. The van der Waals surface area contributed by atoms with Crippen molar-refractivity contribution in [2.75, 3.05) is 0 Å². The summed E-state index contributed by atoms with van der Waals surface area (Å²) in [5.41, 5.74) is 8.99. The lowest BCUT2D eigenvalue weighted by atomic mass is 9.98. The van der Waals surface area contributed by atoms with E-state index in [4.69, 9.17) is 24.9 Å². The van der Waals surface area contributed by atoms with Crippen LogP contribution < -0.4 is 0 Å². The van der Waals surface area contributed by atoms with E-state index in [1.54, 1.807) is 0 Å². The van der Waals surface area contributed by atoms with Gasteiger partial charge in [-0.3, -0.25) is 0 Å². The average molecular weight is 801 g/mol. The Labute approximate surface area is 369 Å². The summed E-state index contributed by atoms with van der Waals surface area (Å²) in [5.74, 6) is 0.964. The second-order valence-corrected chi connectivity index (χ2v) is 15.0. The second-order valence-electron chi connectivity index (χ2n) is 15.0. The van der Waals surface area contributed by atoms with Crippen molar-refractivity contribution in [3.8, 4) is 73.2 Å². The van der Waals surface area contributed by atoms with Crippen LogP contribution in [-0.2, 0) is 0 Å². The Hall–Kier alpha value is -8.41. The van der Waals surface area contributed by atoms with Gasteiger partial charge in [-0.25, -0.2) is 15.0 Å². The summed E-state index contributed by atoms with van der Waals surface area (Å²) in [4.78, 5) is 15.3. The highest BCUT2D eigenvalue weighted by Crippen LogP contribution is 2.41. The van der Waals surface area contributed by atoms with E-state index < -0.39 is 48.3 Å². The van der Waals surface area contributed by atoms with E-state index in [0.29, 0.717) is 34.0 Å². The molecule has 290 valence electrons. The number of hydrogen-bond donors (Lipinski definition) is 0. The average Bonchev–Trinajstić information content (AvgIpc) is 3.98. The van der Waals surface area contributed by atoms with Gasteiger partial charge in [0.15, 0.2) is 17.5 Å². The quantitative estimate of drug-likeness (QED) is 0.161. The minimum Gasteiger partial charge on any atom is -0.455 e. The van der Waals surface area contributed by atoms with Crippen LogP contribution in [0.3, 0.4) is 0 Å². The van der Waals surface area contributed by atoms with Crippen LogP contribution in [0.4, 0.5) is 0 Å². The molecular formula is C57H36N4O. The molecule has 0 aliphatic heterocycles. The van der Waals surface area contributed by atoms with Crippen LogP contribution in [0.5, 0.6) is 0 Å². The van der Waals surface area contributed by atoms with Crippen LogP contribution in [0, 0.1) is 0 Å². The molecule has 0 fully saturated rings. The zero-order valence-electron chi connectivity index (χ0n) is 40.9. The zero-order valence-corrected chi connectivity index (χ0v) is 32.9. The fourth-order valence-corrected chi connectivity index (χ4v) is 8.38. The van der Waals surface area contributed by atoms with Crippen LogP contribution in [0.25, 0.3) is 117 Å². The molecule has 12 rings (SSSR count). The summed E-state index contributed by atoms with van der Waals surface area (Å²) < 4.78 is 80.5. The molecule has 0 aliphatic rings. The second kappa shape index (κ2) is 14.7. The van der Waals surface area contributed by atoms with Crippen molar-refractivity contribution in [2.24, 2.45) is 0 Å².